The zero-order valence-electron chi connectivity index (χ0n) is 19.6. The molecule has 3 aliphatic carbocycles. The first-order chi connectivity index (χ1) is 14.1. The second-order valence-corrected chi connectivity index (χ2v) is 11.0. The third kappa shape index (κ3) is 4.95. The van der Waals surface area contributed by atoms with Crippen molar-refractivity contribution in [3.63, 3.8) is 0 Å². The highest BCUT2D eigenvalue weighted by Gasteiger charge is 2.50. The van der Waals surface area contributed by atoms with E-state index in [2.05, 4.69) is 46.4 Å². The molecule has 3 saturated carbocycles. The third-order valence-corrected chi connectivity index (χ3v) is 8.68. The highest BCUT2D eigenvalue weighted by Crippen LogP contribution is 2.60. The Morgan fingerprint density at radius 3 is 2.57 bits per heavy atom. The minimum Gasteiger partial charge on any atom is -0.393 e. The van der Waals surface area contributed by atoms with Crippen molar-refractivity contribution >= 4 is 0 Å². The van der Waals surface area contributed by atoms with Crippen molar-refractivity contribution < 1.29 is 15.3 Å². The van der Waals surface area contributed by atoms with Crippen LogP contribution in [0.15, 0.2) is 35.5 Å². The summed E-state index contributed by atoms with van der Waals surface area (Å²) in [4.78, 5) is 0. The molecule has 0 aliphatic heterocycles. The van der Waals surface area contributed by atoms with Gasteiger partial charge in [0.05, 0.1) is 18.3 Å². The van der Waals surface area contributed by atoms with Gasteiger partial charge in [0.1, 0.15) is 0 Å². The van der Waals surface area contributed by atoms with Crippen molar-refractivity contribution in [1.29, 1.82) is 0 Å². The molecule has 3 fully saturated rings. The van der Waals surface area contributed by atoms with Crippen LogP contribution in [0.25, 0.3) is 0 Å². The Hall–Kier alpha value is -0.900. The van der Waals surface area contributed by atoms with E-state index in [1.165, 1.54) is 25.7 Å². The van der Waals surface area contributed by atoms with Crippen LogP contribution >= 0.6 is 0 Å². The molecule has 0 saturated heterocycles. The average Bonchev–Trinajstić information content (AvgIpc) is 3.04. The number of aliphatic hydroxyl groups is 3. The molecule has 0 aromatic rings. The number of hydrogen-bond donors (Lipinski definition) is 3. The maximum absolute atomic E-state index is 10.3. The van der Waals surface area contributed by atoms with Gasteiger partial charge in [0.2, 0.25) is 0 Å². The van der Waals surface area contributed by atoms with Gasteiger partial charge < -0.3 is 15.3 Å². The van der Waals surface area contributed by atoms with Gasteiger partial charge in [-0.25, -0.2) is 0 Å². The van der Waals surface area contributed by atoms with E-state index >= 15 is 0 Å². The summed E-state index contributed by atoms with van der Waals surface area (Å²) in [6, 6.07) is 0. The van der Waals surface area contributed by atoms with Crippen LogP contribution in [0.1, 0.15) is 85.5 Å². The van der Waals surface area contributed by atoms with Crippen LogP contribution in [0, 0.1) is 29.1 Å². The van der Waals surface area contributed by atoms with E-state index in [0.717, 1.165) is 36.3 Å². The predicted molar refractivity (Wildman–Crippen MR) is 124 cm³/mol. The summed E-state index contributed by atoms with van der Waals surface area (Å²) >= 11 is 0. The number of fused-ring (bicyclic) bond motifs is 1. The molecule has 0 amide bonds. The smallest absolute Gasteiger partial charge is 0.0811 e. The van der Waals surface area contributed by atoms with Crippen LogP contribution in [-0.2, 0) is 0 Å². The summed E-state index contributed by atoms with van der Waals surface area (Å²) in [5.41, 5.74) is 3.69. The molecule has 3 nitrogen and oxygen atoms in total. The van der Waals surface area contributed by atoms with Crippen molar-refractivity contribution in [3.05, 3.63) is 35.5 Å². The van der Waals surface area contributed by atoms with Gasteiger partial charge in [0.15, 0.2) is 0 Å². The average molecular weight is 417 g/mol. The molecule has 170 valence electrons. The van der Waals surface area contributed by atoms with Crippen molar-refractivity contribution in [3.8, 4) is 0 Å². The lowest BCUT2D eigenvalue weighted by Crippen LogP contribution is -2.36. The fraction of sp³-hybridized carbons (Fsp3) is 0.778. The fourth-order valence-electron chi connectivity index (χ4n) is 6.65. The van der Waals surface area contributed by atoms with Gasteiger partial charge in [0, 0.05) is 6.42 Å². The number of rotatable bonds is 6. The van der Waals surface area contributed by atoms with Crippen molar-refractivity contribution in [2.75, 3.05) is 0 Å². The number of allylic oxidation sites excluding steroid dienone is 3. The van der Waals surface area contributed by atoms with Crippen LogP contribution in [-0.4, -0.2) is 33.6 Å². The largest absolute Gasteiger partial charge is 0.393 e. The van der Waals surface area contributed by atoms with E-state index in [4.69, 9.17) is 0 Å². The minimum absolute atomic E-state index is 0.180. The summed E-state index contributed by atoms with van der Waals surface area (Å²) in [6.07, 6.45) is 12.4. The topological polar surface area (TPSA) is 60.7 Å². The predicted octanol–water partition coefficient (Wildman–Crippen LogP) is 5.56. The highest BCUT2D eigenvalue weighted by molar-refractivity contribution is 5.38. The zero-order valence-corrected chi connectivity index (χ0v) is 19.6. The van der Waals surface area contributed by atoms with Crippen LogP contribution in [0.5, 0.6) is 0 Å². The first kappa shape index (κ1) is 23.8. The van der Waals surface area contributed by atoms with Gasteiger partial charge >= 0.3 is 0 Å². The SMILES string of the molecule is C=C1/C(=C\C=C2/CCC[C@]3(C)[C@@H]([C@H](C)CC[C@H](O)C(C)C)CC[C@@H]23)C[C@@H](O)C[C@@H]1O. The zero-order chi connectivity index (χ0) is 22.1. The molecule has 3 aliphatic rings. The van der Waals surface area contributed by atoms with Crippen molar-refractivity contribution in [2.45, 2.75) is 104 Å². The molecule has 0 heterocycles. The monoisotopic (exact) mass is 416 g/mol. The van der Waals surface area contributed by atoms with E-state index < -0.39 is 12.2 Å². The molecule has 0 radical (unpaired) electrons. The molecular formula is C27H44O3. The Labute approximate surface area is 184 Å². The molecule has 7 atom stereocenters. The van der Waals surface area contributed by atoms with Gasteiger partial charge in [-0.15, -0.1) is 0 Å². The Kier molecular flexibility index (Phi) is 7.69. The van der Waals surface area contributed by atoms with Crippen molar-refractivity contribution in [2.24, 2.45) is 29.1 Å². The van der Waals surface area contributed by atoms with Gasteiger partial charge in [-0.2, -0.15) is 0 Å². The number of aliphatic hydroxyl groups excluding tert-OH is 3. The fourth-order valence-corrected chi connectivity index (χ4v) is 6.65. The first-order valence-electron chi connectivity index (χ1n) is 12.3. The normalized spacial score (nSPS) is 39.5. The van der Waals surface area contributed by atoms with Gasteiger partial charge in [0.25, 0.3) is 0 Å². The summed E-state index contributed by atoms with van der Waals surface area (Å²) in [7, 11) is 0. The standard InChI is InChI=1S/C27H44O3/c1-17(2)25(29)13-8-18(3)23-11-12-24-20(7-6-14-27(23,24)5)9-10-21-15-22(28)16-26(30)19(21)4/h9-10,17-18,22-26,28-30H,4,6-8,11-16H2,1-3,5H3/b20-9+,21-10-/t18-,22-,23-,24+,25+,26+,27-/m1/s1. The quantitative estimate of drug-likeness (QED) is 0.531. The van der Waals surface area contributed by atoms with Gasteiger partial charge in [-0.1, -0.05) is 52.0 Å². The lowest BCUT2D eigenvalue weighted by molar-refractivity contribution is 0.0717. The first-order valence-corrected chi connectivity index (χ1v) is 12.3. The van der Waals surface area contributed by atoms with Gasteiger partial charge in [-0.3, -0.25) is 0 Å². The lowest BCUT2D eigenvalue weighted by Gasteiger charge is -2.44. The lowest BCUT2D eigenvalue weighted by atomic mass is 9.60. The van der Waals surface area contributed by atoms with Crippen LogP contribution < -0.4 is 0 Å². The van der Waals surface area contributed by atoms with Crippen molar-refractivity contribution in [1.82, 2.24) is 0 Å². The Morgan fingerprint density at radius 1 is 1.13 bits per heavy atom. The highest BCUT2D eigenvalue weighted by atomic mass is 16.3. The van der Waals surface area contributed by atoms with E-state index in [1.807, 2.05) is 0 Å². The maximum atomic E-state index is 10.3. The van der Waals surface area contributed by atoms with Gasteiger partial charge in [-0.05, 0) is 91.6 Å². The molecule has 0 bridgehead atoms. The number of hydrogen-bond acceptors (Lipinski definition) is 3. The molecule has 0 spiro atoms. The van der Waals surface area contributed by atoms with E-state index in [0.29, 0.717) is 36.0 Å². The molecule has 0 aromatic carbocycles. The maximum Gasteiger partial charge on any atom is 0.0811 e. The second-order valence-electron chi connectivity index (χ2n) is 11.0. The summed E-state index contributed by atoms with van der Waals surface area (Å²) in [5.74, 6) is 2.35. The van der Waals surface area contributed by atoms with Crippen LogP contribution in [0.3, 0.4) is 0 Å². The minimum atomic E-state index is -0.618. The molecule has 3 rings (SSSR count). The van der Waals surface area contributed by atoms with E-state index in [-0.39, 0.29) is 6.10 Å². The molecule has 30 heavy (non-hydrogen) atoms. The van der Waals surface area contributed by atoms with E-state index in [1.54, 1.807) is 5.57 Å². The van der Waals surface area contributed by atoms with Crippen LogP contribution in [0.2, 0.25) is 0 Å². The summed E-state index contributed by atoms with van der Waals surface area (Å²) < 4.78 is 0. The third-order valence-electron chi connectivity index (χ3n) is 8.68. The summed E-state index contributed by atoms with van der Waals surface area (Å²) in [5, 5.41) is 30.4. The van der Waals surface area contributed by atoms with E-state index in [9.17, 15) is 15.3 Å². The molecule has 0 unspecified atom stereocenters. The molecule has 0 aromatic heterocycles. The Balaban J connectivity index is 1.72. The molecular weight excluding hydrogens is 372 g/mol. The summed E-state index contributed by atoms with van der Waals surface area (Å²) in [6.45, 7) is 13.2. The Bertz CT molecular complexity index is 676. The second kappa shape index (κ2) is 9.71. The van der Waals surface area contributed by atoms with Crippen LogP contribution in [0.4, 0.5) is 0 Å². The Morgan fingerprint density at radius 2 is 1.87 bits per heavy atom. The molecule has 3 N–H and O–H groups in total. The molecule has 3 heteroatoms.